The number of rotatable bonds is 2. The number of aromatic nitrogens is 1. The molecule has 128 valence electrons. The standard InChI is InChI=1S/C16H6F5NO3/c17-8-1-2-11(14(21)13(8)20)22-5-7(16(24)25)15(23)6-3-9(18)10(19)4-12(6)22/h1-5H,(H,24,25). The third kappa shape index (κ3) is 2.53. The molecule has 25 heavy (non-hydrogen) atoms. The van der Waals surface area contributed by atoms with Gasteiger partial charge in [0.15, 0.2) is 29.1 Å². The molecule has 0 radical (unpaired) electrons. The molecule has 0 fully saturated rings. The molecular weight excluding hydrogens is 349 g/mol. The summed E-state index contributed by atoms with van der Waals surface area (Å²) in [7, 11) is 0. The zero-order chi connectivity index (χ0) is 18.5. The molecule has 0 atom stereocenters. The van der Waals surface area contributed by atoms with E-state index in [1.165, 1.54) is 0 Å². The van der Waals surface area contributed by atoms with Crippen LogP contribution in [-0.2, 0) is 0 Å². The smallest absolute Gasteiger partial charge is 0.341 e. The molecule has 1 aromatic heterocycles. The van der Waals surface area contributed by atoms with Crippen LogP contribution in [0.15, 0.2) is 35.3 Å². The maximum atomic E-state index is 14.1. The Morgan fingerprint density at radius 3 is 2.20 bits per heavy atom. The lowest BCUT2D eigenvalue weighted by atomic mass is 10.1. The molecule has 3 aromatic rings. The minimum atomic E-state index is -1.84. The lowest BCUT2D eigenvalue weighted by Gasteiger charge is -2.14. The van der Waals surface area contributed by atoms with Gasteiger partial charge >= 0.3 is 5.97 Å². The quantitative estimate of drug-likeness (QED) is 0.566. The van der Waals surface area contributed by atoms with E-state index >= 15 is 0 Å². The Balaban J connectivity index is 2.52. The summed E-state index contributed by atoms with van der Waals surface area (Å²) in [5.41, 5.74) is -3.13. The van der Waals surface area contributed by atoms with E-state index in [1.54, 1.807) is 0 Å². The number of halogens is 5. The van der Waals surface area contributed by atoms with Crippen LogP contribution in [0.25, 0.3) is 16.6 Å². The summed E-state index contributed by atoms with van der Waals surface area (Å²) in [4.78, 5) is 23.3. The second-order valence-electron chi connectivity index (χ2n) is 5.02. The van der Waals surface area contributed by atoms with Gasteiger partial charge in [-0.15, -0.1) is 0 Å². The van der Waals surface area contributed by atoms with Crippen LogP contribution < -0.4 is 5.43 Å². The fourth-order valence-electron chi connectivity index (χ4n) is 2.37. The first-order valence-electron chi connectivity index (χ1n) is 6.64. The number of nitrogens with zero attached hydrogens (tertiary/aromatic N) is 1. The van der Waals surface area contributed by atoms with E-state index < -0.39 is 62.6 Å². The van der Waals surface area contributed by atoms with E-state index in [1.807, 2.05) is 0 Å². The van der Waals surface area contributed by atoms with Crippen molar-refractivity contribution in [3.8, 4) is 5.69 Å². The normalized spacial score (nSPS) is 11.1. The highest BCUT2D eigenvalue weighted by Crippen LogP contribution is 2.24. The Kier molecular flexibility index (Phi) is 3.78. The second-order valence-corrected chi connectivity index (χ2v) is 5.02. The highest BCUT2D eigenvalue weighted by atomic mass is 19.2. The van der Waals surface area contributed by atoms with Gasteiger partial charge in [-0.1, -0.05) is 0 Å². The predicted octanol–water partition coefficient (Wildman–Crippen LogP) is 3.38. The summed E-state index contributed by atoms with van der Waals surface area (Å²) in [5.74, 6) is -9.57. The van der Waals surface area contributed by atoms with Crippen LogP contribution in [0, 0.1) is 29.1 Å². The number of pyridine rings is 1. The lowest BCUT2D eigenvalue weighted by molar-refractivity contribution is 0.0695. The highest BCUT2D eigenvalue weighted by molar-refractivity contribution is 5.93. The molecule has 0 saturated carbocycles. The molecule has 3 rings (SSSR count). The van der Waals surface area contributed by atoms with Crippen LogP contribution in [0.4, 0.5) is 22.0 Å². The summed E-state index contributed by atoms with van der Waals surface area (Å²) < 4.78 is 68.3. The first-order valence-corrected chi connectivity index (χ1v) is 6.64. The van der Waals surface area contributed by atoms with Gasteiger partial charge < -0.3 is 9.67 Å². The monoisotopic (exact) mass is 355 g/mol. The van der Waals surface area contributed by atoms with Crippen molar-refractivity contribution < 1.29 is 31.9 Å². The van der Waals surface area contributed by atoms with Gasteiger partial charge in [0, 0.05) is 12.3 Å². The fraction of sp³-hybridized carbons (Fsp3) is 0. The molecular formula is C16H6F5NO3. The average Bonchev–Trinajstić information content (AvgIpc) is 2.55. The van der Waals surface area contributed by atoms with Gasteiger partial charge in [-0.2, -0.15) is 0 Å². The van der Waals surface area contributed by atoms with Crippen LogP contribution in [0.5, 0.6) is 0 Å². The van der Waals surface area contributed by atoms with E-state index in [0.29, 0.717) is 29.0 Å². The number of benzene rings is 2. The highest BCUT2D eigenvalue weighted by Gasteiger charge is 2.21. The third-order valence-corrected chi connectivity index (χ3v) is 3.55. The van der Waals surface area contributed by atoms with Gasteiger partial charge in [0.1, 0.15) is 5.56 Å². The van der Waals surface area contributed by atoms with E-state index in [-0.39, 0.29) is 0 Å². The number of hydrogen-bond donors (Lipinski definition) is 1. The summed E-state index contributed by atoms with van der Waals surface area (Å²) in [6, 6.07) is 2.31. The van der Waals surface area contributed by atoms with Crippen molar-refractivity contribution in [3.05, 3.63) is 75.3 Å². The molecule has 0 spiro atoms. The first-order chi connectivity index (χ1) is 11.7. The Morgan fingerprint density at radius 1 is 0.920 bits per heavy atom. The van der Waals surface area contributed by atoms with Crippen molar-refractivity contribution in [1.82, 2.24) is 4.57 Å². The number of aromatic carboxylic acids is 1. The van der Waals surface area contributed by atoms with Crippen molar-refractivity contribution in [1.29, 1.82) is 0 Å². The summed E-state index contributed by atoms with van der Waals surface area (Å²) >= 11 is 0. The third-order valence-electron chi connectivity index (χ3n) is 3.55. The van der Waals surface area contributed by atoms with Crippen molar-refractivity contribution in [2.24, 2.45) is 0 Å². The van der Waals surface area contributed by atoms with E-state index in [0.717, 1.165) is 6.07 Å². The molecule has 0 amide bonds. The summed E-state index contributed by atoms with van der Waals surface area (Å²) in [6.07, 6.45) is 0.625. The molecule has 1 heterocycles. The van der Waals surface area contributed by atoms with E-state index in [2.05, 4.69) is 0 Å². The number of fused-ring (bicyclic) bond motifs is 1. The number of carboxylic acids is 1. The molecule has 0 bridgehead atoms. The van der Waals surface area contributed by atoms with Crippen LogP contribution >= 0.6 is 0 Å². The number of hydrogen-bond acceptors (Lipinski definition) is 2. The molecule has 0 aliphatic rings. The van der Waals surface area contributed by atoms with Gasteiger partial charge in [0.2, 0.25) is 5.43 Å². The Bertz CT molecular complexity index is 1110. The van der Waals surface area contributed by atoms with Crippen molar-refractivity contribution >= 4 is 16.9 Å². The number of carboxylic acid groups (broad SMARTS) is 1. The number of carbonyl (C=O) groups is 1. The maximum Gasteiger partial charge on any atom is 0.341 e. The molecule has 0 aliphatic heterocycles. The fourth-order valence-corrected chi connectivity index (χ4v) is 2.37. The molecule has 2 aromatic carbocycles. The molecule has 9 heteroatoms. The molecule has 4 nitrogen and oxygen atoms in total. The van der Waals surface area contributed by atoms with Crippen LogP contribution in [-0.4, -0.2) is 15.6 Å². The largest absolute Gasteiger partial charge is 0.477 e. The molecule has 1 N–H and O–H groups in total. The predicted molar refractivity (Wildman–Crippen MR) is 76.3 cm³/mol. The van der Waals surface area contributed by atoms with Crippen LogP contribution in [0.3, 0.4) is 0 Å². The first kappa shape index (κ1) is 16.6. The van der Waals surface area contributed by atoms with Gasteiger partial charge in [-0.25, -0.2) is 26.7 Å². The zero-order valence-corrected chi connectivity index (χ0v) is 12.0. The van der Waals surface area contributed by atoms with Crippen molar-refractivity contribution in [2.45, 2.75) is 0 Å². The van der Waals surface area contributed by atoms with Gasteiger partial charge in [-0.05, 0) is 18.2 Å². The SMILES string of the molecule is O=C(O)c1cn(-c2ccc(F)c(F)c2F)c2cc(F)c(F)cc2c1=O. The van der Waals surface area contributed by atoms with Crippen LogP contribution in [0.1, 0.15) is 10.4 Å². The average molecular weight is 355 g/mol. The van der Waals surface area contributed by atoms with Gasteiger partial charge in [0.05, 0.1) is 16.6 Å². The Morgan fingerprint density at radius 2 is 1.56 bits per heavy atom. The lowest BCUT2D eigenvalue weighted by Crippen LogP contribution is -2.19. The maximum absolute atomic E-state index is 14.1. The summed E-state index contributed by atoms with van der Waals surface area (Å²) in [5, 5.41) is 8.51. The van der Waals surface area contributed by atoms with Crippen molar-refractivity contribution in [3.63, 3.8) is 0 Å². The molecule has 0 saturated heterocycles. The zero-order valence-electron chi connectivity index (χ0n) is 12.0. The minimum absolute atomic E-state index is 0.418. The van der Waals surface area contributed by atoms with Crippen LogP contribution in [0.2, 0.25) is 0 Å². The molecule has 0 aliphatic carbocycles. The molecule has 0 unspecified atom stereocenters. The van der Waals surface area contributed by atoms with E-state index in [9.17, 15) is 31.5 Å². The van der Waals surface area contributed by atoms with E-state index in [4.69, 9.17) is 5.11 Å². The van der Waals surface area contributed by atoms with Gasteiger partial charge in [-0.3, -0.25) is 4.79 Å². The Hall–Kier alpha value is -3.23. The Labute approximate surface area is 135 Å². The second kappa shape index (κ2) is 5.69. The summed E-state index contributed by atoms with van der Waals surface area (Å²) in [6.45, 7) is 0. The topological polar surface area (TPSA) is 59.3 Å². The van der Waals surface area contributed by atoms with Crippen molar-refractivity contribution in [2.75, 3.05) is 0 Å². The van der Waals surface area contributed by atoms with Gasteiger partial charge in [0.25, 0.3) is 0 Å². The minimum Gasteiger partial charge on any atom is -0.477 e.